The molecule has 0 aromatic heterocycles. The smallest absolute Gasteiger partial charge is 0.0431 e. The Balaban J connectivity index is 3.20. The number of unbranched alkanes of at least 4 members (excludes halogenated alkanes) is 1. The average Bonchev–Trinajstić information content (AvgIpc) is 2.03. The van der Waals surface area contributed by atoms with Gasteiger partial charge in [-0.05, 0) is 38.3 Å². The highest BCUT2D eigenvalue weighted by Crippen LogP contribution is 2.09. The van der Waals surface area contributed by atoms with Crippen molar-refractivity contribution in [2.75, 3.05) is 19.7 Å². The molecule has 1 unspecified atom stereocenters. The van der Waals surface area contributed by atoms with Gasteiger partial charge in [0.15, 0.2) is 0 Å². The molecule has 68 valence electrons. The van der Waals surface area contributed by atoms with Crippen LogP contribution in [0, 0.1) is 5.92 Å². The number of rotatable bonds is 7. The van der Waals surface area contributed by atoms with Crippen LogP contribution in [0.2, 0.25) is 0 Å². The van der Waals surface area contributed by atoms with E-state index in [2.05, 4.69) is 0 Å². The molecule has 0 bridgehead atoms. The highest BCUT2D eigenvalue weighted by Gasteiger charge is 2.03. The Morgan fingerprint density at radius 3 is 2.27 bits per heavy atom. The molecule has 0 radical (unpaired) electrons. The third kappa shape index (κ3) is 6.28. The van der Waals surface area contributed by atoms with Crippen LogP contribution in [0.1, 0.15) is 25.7 Å². The minimum atomic E-state index is 0.292. The normalized spacial score (nSPS) is 13.4. The zero-order valence-corrected chi connectivity index (χ0v) is 7.13. The van der Waals surface area contributed by atoms with Crippen LogP contribution in [0.15, 0.2) is 0 Å². The molecule has 0 saturated carbocycles. The summed E-state index contributed by atoms with van der Waals surface area (Å²) < 4.78 is 0. The number of hydrogen-bond acceptors (Lipinski definition) is 3. The summed E-state index contributed by atoms with van der Waals surface area (Å²) in [6.45, 7) is 1.74. The van der Waals surface area contributed by atoms with E-state index in [0.717, 1.165) is 38.8 Å². The molecule has 0 aromatic rings. The summed E-state index contributed by atoms with van der Waals surface area (Å²) in [7, 11) is 0. The molecule has 0 spiro atoms. The summed E-state index contributed by atoms with van der Waals surface area (Å²) in [6.07, 6.45) is 4.08. The van der Waals surface area contributed by atoms with Crippen molar-refractivity contribution in [1.82, 2.24) is 0 Å². The van der Waals surface area contributed by atoms with Crippen LogP contribution in [0.25, 0.3) is 0 Å². The highest BCUT2D eigenvalue weighted by atomic mass is 16.2. The first kappa shape index (κ1) is 10.9. The fourth-order valence-electron chi connectivity index (χ4n) is 1.16. The molecule has 3 nitrogen and oxygen atoms in total. The monoisotopic (exact) mass is 160 g/mol. The molecule has 0 saturated heterocycles. The van der Waals surface area contributed by atoms with Crippen molar-refractivity contribution in [3.8, 4) is 0 Å². The topological polar surface area (TPSA) is 72.3 Å². The first-order valence-corrected chi connectivity index (χ1v) is 4.36. The van der Waals surface area contributed by atoms with Gasteiger partial charge in [0.25, 0.3) is 0 Å². The molecule has 0 aromatic carbocycles. The second-order valence-electron chi connectivity index (χ2n) is 2.90. The van der Waals surface area contributed by atoms with E-state index in [0.29, 0.717) is 12.5 Å². The van der Waals surface area contributed by atoms with Gasteiger partial charge in [-0.15, -0.1) is 0 Å². The Bertz CT molecular complexity index is 78.5. The lowest BCUT2D eigenvalue weighted by Crippen LogP contribution is -2.18. The molecule has 11 heavy (non-hydrogen) atoms. The van der Waals surface area contributed by atoms with Crippen LogP contribution in [-0.4, -0.2) is 24.8 Å². The molecular formula is C8H20N2O. The van der Waals surface area contributed by atoms with Gasteiger partial charge in [-0.2, -0.15) is 0 Å². The predicted molar refractivity (Wildman–Crippen MR) is 47.2 cm³/mol. The maximum absolute atomic E-state index is 8.53. The summed E-state index contributed by atoms with van der Waals surface area (Å²) >= 11 is 0. The maximum Gasteiger partial charge on any atom is 0.0431 e. The Morgan fingerprint density at radius 2 is 1.82 bits per heavy atom. The number of hydrogen-bond donors (Lipinski definition) is 3. The molecule has 0 heterocycles. The number of nitrogens with two attached hydrogens (primary N) is 2. The number of aliphatic hydroxyl groups is 1. The molecule has 0 aliphatic carbocycles. The first-order valence-electron chi connectivity index (χ1n) is 4.36. The highest BCUT2D eigenvalue weighted by molar-refractivity contribution is 4.60. The van der Waals surface area contributed by atoms with Crippen molar-refractivity contribution in [2.45, 2.75) is 25.7 Å². The minimum absolute atomic E-state index is 0.292. The lowest BCUT2D eigenvalue weighted by atomic mass is 9.99. The van der Waals surface area contributed by atoms with Crippen LogP contribution >= 0.6 is 0 Å². The first-order chi connectivity index (χ1) is 5.35. The van der Waals surface area contributed by atoms with E-state index >= 15 is 0 Å². The van der Waals surface area contributed by atoms with E-state index in [-0.39, 0.29) is 0 Å². The lowest BCUT2D eigenvalue weighted by molar-refractivity contribution is 0.277. The van der Waals surface area contributed by atoms with E-state index < -0.39 is 0 Å². The van der Waals surface area contributed by atoms with Gasteiger partial charge in [-0.25, -0.2) is 0 Å². The third-order valence-corrected chi connectivity index (χ3v) is 1.93. The molecule has 0 amide bonds. The molecule has 0 aliphatic rings. The van der Waals surface area contributed by atoms with E-state index in [4.69, 9.17) is 16.6 Å². The van der Waals surface area contributed by atoms with Crippen LogP contribution in [0.5, 0.6) is 0 Å². The molecule has 5 N–H and O–H groups in total. The minimum Gasteiger partial charge on any atom is -0.396 e. The fraction of sp³-hybridized carbons (Fsp3) is 1.00. The Morgan fingerprint density at radius 1 is 1.09 bits per heavy atom. The molecular weight excluding hydrogens is 140 g/mol. The van der Waals surface area contributed by atoms with E-state index in [9.17, 15) is 0 Å². The second kappa shape index (κ2) is 7.98. The molecule has 0 fully saturated rings. The SMILES string of the molecule is NCCC(CN)CCCCO. The van der Waals surface area contributed by atoms with E-state index in [1.165, 1.54) is 0 Å². The van der Waals surface area contributed by atoms with Gasteiger partial charge >= 0.3 is 0 Å². The second-order valence-corrected chi connectivity index (χ2v) is 2.90. The quantitative estimate of drug-likeness (QED) is 0.462. The summed E-state index contributed by atoms with van der Waals surface area (Å²) in [6, 6.07) is 0. The predicted octanol–water partition coefficient (Wildman–Crippen LogP) is 0.0727. The van der Waals surface area contributed by atoms with E-state index in [1.807, 2.05) is 0 Å². The largest absolute Gasteiger partial charge is 0.396 e. The van der Waals surface area contributed by atoms with Crippen molar-refractivity contribution in [3.05, 3.63) is 0 Å². The summed E-state index contributed by atoms with van der Waals surface area (Å²) in [5.74, 6) is 0.562. The Hall–Kier alpha value is -0.120. The van der Waals surface area contributed by atoms with Gasteiger partial charge in [0, 0.05) is 6.61 Å². The number of aliphatic hydroxyl groups excluding tert-OH is 1. The van der Waals surface area contributed by atoms with Gasteiger partial charge in [0.2, 0.25) is 0 Å². The van der Waals surface area contributed by atoms with Crippen molar-refractivity contribution in [2.24, 2.45) is 17.4 Å². The van der Waals surface area contributed by atoms with Crippen molar-refractivity contribution in [3.63, 3.8) is 0 Å². The molecule has 1 atom stereocenters. The van der Waals surface area contributed by atoms with Crippen molar-refractivity contribution < 1.29 is 5.11 Å². The van der Waals surface area contributed by atoms with Gasteiger partial charge < -0.3 is 16.6 Å². The summed E-state index contributed by atoms with van der Waals surface area (Å²) in [5.41, 5.74) is 10.9. The van der Waals surface area contributed by atoms with Crippen molar-refractivity contribution >= 4 is 0 Å². The molecule has 0 aliphatic heterocycles. The zero-order chi connectivity index (χ0) is 8.53. The summed E-state index contributed by atoms with van der Waals surface area (Å²) in [4.78, 5) is 0. The van der Waals surface area contributed by atoms with Gasteiger partial charge in [-0.1, -0.05) is 6.42 Å². The van der Waals surface area contributed by atoms with Gasteiger partial charge in [0.05, 0.1) is 0 Å². The summed E-state index contributed by atoms with van der Waals surface area (Å²) in [5, 5.41) is 8.53. The average molecular weight is 160 g/mol. The molecule has 0 rings (SSSR count). The van der Waals surface area contributed by atoms with Crippen LogP contribution < -0.4 is 11.5 Å². The lowest BCUT2D eigenvalue weighted by Gasteiger charge is -2.11. The van der Waals surface area contributed by atoms with Crippen LogP contribution in [0.4, 0.5) is 0 Å². The van der Waals surface area contributed by atoms with Gasteiger partial charge in [-0.3, -0.25) is 0 Å². The van der Waals surface area contributed by atoms with Crippen LogP contribution in [0.3, 0.4) is 0 Å². The molecule has 3 heteroatoms. The fourth-order valence-corrected chi connectivity index (χ4v) is 1.16. The Kier molecular flexibility index (Phi) is 7.89. The Labute approximate surface area is 68.8 Å². The van der Waals surface area contributed by atoms with Crippen molar-refractivity contribution in [1.29, 1.82) is 0 Å². The van der Waals surface area contributed by atoms with Crippen LogP contribution in [-0.2, 0) is 0 Å². The zero-order valence-electron chi connectivity index (χ0n) is 7.13. The van der Waals surface area contributed by atoms with E-state index in [1.54, 1.807) is 0 Å². The third-order valence-electron chi connectivity index (χ3n) is 1.93. The van der Waals surface area contributed by atoms with Gasteiger partial charge in [0.1, 0.15) is 0 Å². The maximum atomic E-state index is 8.53. The standard InChI is InChI=1S/C8H20N2O/c9-5-4-8(7-10)3-1-2-6-11/h8,11H,1-7,9-10H2.